The largest absolute Gasteiger partial charge is 0.348 e. The van der Waals surface area contributed by atoms with E-state index in [1.54, 1.807) is 0 Å². The van der Waals surface area contributed by atoms with E-state index in [1.807, 2.05) is 12.1 Å². The van der Waals surface area contributed by atoms with Gasteiger partial charge in [0.15, 0.2) is 0 Å². The van der Waals surface area contributed by atoms with Gasteiger partial charge in [-0.15, -0.1) is 5.10 Å². The first-order chi connectivity index (χ1) is 9.33. The predicted octanol–water partition coefficient (Wildman–Crippen LogP) is 0.867. The number of carbonyl (C=O) groups excluding carboxylic acids is 1. The molecule has 1 aliphatic rings. The van der Waals surface area contributed by atoms with Crippen molar-refractivity contribution in [1.29, 1.82) is 0 Å². The molecule has 0 saturated carbocycles. The molecule has 19 heavy (non-hydrogen) atoms. The summed E-state index contributed by atoms with van der Waals surface area (Å²) >= 11 is 0. The number of carbonyl (C=O) groups is 1. The summed E-state index contributed by atoms with van der Waals surface area (Å²) in [4.78, 5) is 12.0. The van der Waals surface area contributed by atoms with E-state index >= 15 is 0 Å². The van der Waals surface area contributed by atoms with E-state index in [-0.39, 0.29) is 18.5 Å². The highest BCUT2D eigenvalue weighted by Gasteiger charge is 2.21. The Morgan fingerprint density at radius 2 is 2.32 bits per heavy atom. The van der Waals surface area contributed by atoms with Crippen molar-refractivity contribution in [3.63, 3.8) is 0 Å². The fourth-order valence-corrected chi connectivity index (χ4v) is 2.54. The van der Waals surface area contributed by atoms with Crippen LogP contribution in [0, 0.1) is 0 Å². The van der Waals surface area contributed by atoms with Gasteiger partial charge in [0, 0.05) is 0 Å². The number of benzene rings is 1. The van der Waals surface area contributed by atoms with Gasteiger partial charge in [-0.05, 0) is 40.8 Å². The van der Waals surface area contributed by atoms with Gasteiger partial charge in [0.2, 0.25) is 5.91 Å². The lowest BCUT2D eigenvalue weighted by molar-refractivity contribution is -0.122. The lowest BCUT2D eigenvalue weighted by Gasteiger charge is -2.26. The predicted molar refractivity (Wildman–Crippen MR) is 68.1 cm³/mol. The quantitative estimate of drug-likeness (QED) is 0.885. The number of hydrogen-bond acceptors (Lipinski definition) is 4. The number of hydrogen-bond donors (Lipinski definition) is 1. The summed E-state index contributed by atoms with van der Waals surface area (Å²) in [5, 5.41) is 13.8. The van der Waals surface area contributed by atoms with Crippen molar-refractivity contribution in [3.8, 4) is 0 Å². The maximum atomic E-state index is 12.0. The van der Waals surface area contributed by atoms with E-state index in [0.29, 0.717) is 0 Å². The lowest BCUT2D eigenvalue weighted by atomic mass is 9.88. The second-order valence-corrected chi connectivity index (χ2v) is 4.72. The van der Waals surface area contributed by atoms with Crippen molar-refractivity contribution in [3.05, 3.63) is 41.7 Å². The smallest absolute Gasteiger partial charge is 0.242 e. The van der Waals surface area contributed by atoms with Gasteiger partial charge in [-0.2, -0.15) is 0 Å². The molecule has 0 radical (unpaired) electrons. The Morgan fingerprint density at radius 3 is 3.16 bits per heavy atom. The van der Waals surface area contributed by atoms with E-state index in [4.69, 9.17) is 0 Å². The van der Waals surface area contributed by atoms with Gasteiger partial charge in [0.05, 0.1) is 6.04 Å². The van der Waals surface area contributed by atoms with E-state index in [0.717, 1.165) is 19.3 Å². The minimum atomic E-state index is -0.0611. The summed E-state index contributed by atoms with van der Waals surface area (Å²) in [6.45, 7) is 0.158. The average Bonchev–Trinajstić information content (AvgIpc) is 2.92. The first-order valence-electron chi connectivity index (χ1n) is 6.41. The molecule has 1 heterocycles. The first kappa shape index (κ1) is 11.8. The van der Waals surface area contributed by atoms with Crippen molar-refractivity contribution in [2.75, 3.05) is 0 Å². The van der Waals surface area contributed by atoms with Crippen LogP contribution >= 0.6 is 0 Å². The first-order valence-corrected chi connectivity index (χ1v) is 6.41. The Labute approximate surface area is 110 Å². The molecule has 98 valence electrons. The maximum absolute atomic E-state index is 12.0. The Balaban J connectivity index is 1.69. The fourth-order valence-electron chi connectivity index (χ4n) is 2.54. The molecule has 0 spiro atoms. The standard InChI is InChI=1S/C13H15N5O/c19-13(8-18-9-14-16-17-18)15-12-7-3-5-10-4-1-2-6-11(10)12/h1-2,4,6,9,12H,3,5,7-8H2,(H,15,19). The third kappa shape index (κ3) is 2.62. The minimum absolute atomic E-state index is 0.0611. The van der Waals surface area contributed by atoms with Crippen LogP contribution in [0.1, 0.15) is 30.0 Å². The summed E-state index contributed by atoms with van der Waals surface area (Å²) in [5.74, 6) is -0.0611. The summed E-state index contributed by atoms with van der Waals surface area (Å²) in [6.07, 6.45) is 4.62. The Hall–Kier alpha value is -2.24. The number of nitrogens with zero attached hydrogens (tertiary/aromatic N) is 4. The van der Waals surface area contributed by atoms with E-state index in [9.17, 15) is 4.79 Å². The molecule has 0 fully saturated rings. The molecule has 1 atom stereocenters. The van der Waals surface area contributed by atoms with Crippen LogP contribution in [0.2, 0.25) is 0 Å². The summed E-state index contributed by atoms with van der Waals surface area (Å²) in [6, 6.07) is 8.40. The molecular weight excluding hydrogens is 242 g/mol. The monoisotopic (exact) mass is 257 g/mol. The molecule has 6 nitrogen and oxygen atoms in total. The second-order valence-electron chi connectivity index (χ2n) is 4.72. The average molecular weight is 257 g/mol. The van der Waals surface area contributed by atoms with Gasteiger partial charge in [0.1, 0.15) is 12.9 Å². The van der Waals surface area contributed by atoms with Crippen LogP contribution in [-0.2, 0) is 17.8 Å². The van der Waals surface area contributed by atoms with Crippen molar-refractivity contribution < 1.29 is 4.79 Å². The molecule has 1 N–H and O–H groups in total. The molecule has 1 amide bonds. The highest BCUT2D eigenvalue weighted by atomic mass is 16.2. The molecule has 6 heteroatoms. The van der Waals surface area contributed by atoms with E-state index in [1.165, 1.54) is 22.1 Å². The Bertz CT molecular complexity index is 566. The van der Waals surface area contributed by atoms with Gasteiger partial charge in [-0.3, -0.25) is 4.79 Å². The van der Waals surface area contributed by atoms with Crippen LogP contribution in [0.4, 0.5) is 0 Å². The van der Waals surface area contributed by atoms with Crippen LogP contribution in [-0.4, -0.2) is 26.1 Å². The van der Waals surface area contributed by atoms with Crippen molar-refractivity contribution in [1.82, 2.24) is 25.5 Å². The number of fused-ring (bicyclic) bond motifs is 1. The highest BCUT2D eigenvalue weighted by molar-refractivity contribution is 5.76. The molecule has 0 bridgehead atoms. The van der Waals surface area contributed by atoms with Crippen LogP contribution in [0.5, 0.6) is 0 Å². The number of aromatic nitrogens is 4. The highest BCUT2D eigenvalue weighted by Crippen LogP contribution is 2.29. The van der Waals surface area contributed by atoms with E-state index in [2.05, 4.69) is 33.0 Å². The van der Waals surface area contributed by atoms with Gasteiger partial charge in [-0.1, -0.05) is 24.3 Å². The van der Waals surface area contributed by atoms with Gasteiger partial charge >= 0.3 is 0 Å². The molecule has 3 rings (SSSR count). The number of nitrogens with one attached hydrogen (secondary N) is 1. The third-order valence-electron chi connectivity index (χ3n) is 3.40. The van der Waals surface area contributed by atoms with Gasteiger partial charge in [0.25, 0.3) is 0 Å². The molecule has 1 aliphatic carbocycles. The summed E-state index contributed by atoms with van der Waals surface area (Å²) in [7, 11) is 0. The Morgan fingerprint density at radius 1 is 1.42 bits per heavy atom. The minimum Gasteiger partial charge on any atom is -0.348 e. The molecular formula is C13H15N5O. The summed E-state index contributed by atoms with van der Waals surface area (Å²) < 4.78 is 1.42. The topological polar surface area (TPSA) is 72.7 Å². The Kier molecular flexibility index (Phi) is 3.22. The van der Waals surface area contributed by atoms with Crippen LogP contribution < -0.4 is 5.32 Å². The molecule has 1 aromatic carbocycles. The number of tetrazole rings is 1. The number of amides is 1. The molecule has 1 aromatic heterocycles. The van der Waals surface area contributed by atoms with Gasteiger partial charge < -0.3 is 5.32 Å². The van der Waals surface area contributed by atoms with Crippen molar-refractivity contribution in [2.45, 2.75) is 31.8 Å². The molecule has 0 aliphatic heterocycles. The van der Waals surface area contributed by atoms with E-state index < -0.39 is 0 Å². The third-order valence-corrected chi connectivity index (χ3v) is 3.40. The normalized spacial score (nSPS) is 17.8. The van der Waals surface area contributed by atoms with Crippen molar-refractivity contribution >= 4 is 5.91 Å². The van der Waals surface area contributed by atoms with Crippen molar-refractivity contribution in [2.24, 2.45) is 0 Å². The van der Waals surface area contributed by atoms with Gasteiger partial charge in [-0.25, -0.2) is 4.68 Å². The maximum Gasteiger partial charge on any atom is 0.242 e. The molecule has 1 unspecified atom stereocenters. The number of rotatable bonds is 3. The zero-order chi connectivity index (χ0) is 13.1. The SMILES string of the molecule is O=C(Cn1cnnn1)NC1CCCc2ccccc21. The zero-order valence-electron chi connectivity index (χ0n) is 10.5. The van der Waals surface area contributed by atoms with Crippen LogP contribution in [0.3, 0.4) is 0 Å². The van der Waals surface area contributed by atoms with Crippen LogP contribution in [0.25, 0.3) is 0 Å². The van der Waals surface area contributed by atoms with Crippen LogP contribution in [0.15, 0.2) is 30.6 Å². The fraction of sp³-hybridized carbons (Fsp3) is 0.385. The zero-order valence-corrected chi connectivity index (χ0v) is 10.5. The molecule has 0 saturated heterocycles. The number of aryl methyl sites for hydroxylation is 1. The summed E-state index contributed by atoms with van der Waals surface area (Å²) in [5.41, 5.74) is 2.57. The molecule has 2 aromatic rings. The second kappa shape index (κ2) is 5.17. The lowest BCUT2D eigenvalue weighted by Crippen LogP contribution is -2.33.